The second-order valence-corrected chi connectivity index (χ2v) is 9.14. The maximum atomic E-state index is 12.2. The highest BCUT2D eigenvalue weighted by atomic mass is 35.5. The summed E-state index contributed by atoms with van der Waals surface area (Å²) in [6.07, 6.45) is 1.31. The van der Waals surface area contributed by atoms with E-state index in [1.54, 1.807) is 23.6 Å². The van der Waals surface area contributed by atoms with Crippen LogP contribution in [0.4, 0.5) is 17.2 Å². The number of nitrogens with one attached hydrogen (secondary N) is 3. The molecule has 0 saturated heterocycles. The maximum Gasteiger partial charge on any atom is 0.225 e. The molecule has 3 rings (SSSR count). The van der Waals surface area contributed by atoms with Gasteiger partial charge in [-0.25, -0.2) is 4.98 Å². The lowest BCUT2D eigenvalue weighted by molar-refractivity contribution is -0.128. The fourth-order valence-electron chi connectivity index (χ4n) is 3.84. The molecular formula is C21H32ClN5O4S. The van der Waals surface area contributed by atoms with Crippen LogP contribution >= 0.6 is 22.9 Å². The third-order valence-electron chi connectivity index (χ3n) is 5.66. The van der Waals surface area contributed by atoms with Gasteiger partial charge < -0.3 is 37.4 Å². The average Bonchev–Trinajstić information content (AvgIpc) is 3.28. The van der Waals surface area contributed by atoms with Crippen molar-refractivity contribution in [2.24, 2.45) is 5.92 Å². The average molecular weight is 486 g/mol. The minimum atomic E-state index is -1.15. The Kier molecular flexibility index (Phi) is 9.53. The Morgan fingerprint density at radius 2 is 2.09 bits per heavy atom. The first-order valence-electron chi connectivity index (χ1n) is 10.5. The number of carbonyl (C=O) groups excluding carboxylic acids is 1. The van der Waals surface area contributed by atoms with E-state index >= 15 is 0 Å². The Morgan fingerprint density at radius 1 is 1.34 bits per heavy atom. The molecule has 32 heavy (non-hydrogen) atoms. The highest BCUT2D eigenvalue weighted by molar-refractivity contribution is 7.10. The van der Waals surface area contributed by atoms with E-state index in [0.29, 0.717) is 18.1 Å². The van der Waals surface area contributed by atoms with Crippen molar-refractivity contribution in [2.45, 2.75) is 57.4 Å². The van der Waals surface area contributed by atoms with E-state index in [0.717, 1.165) is 28.4 Å². The van der Waals surface area contributed by atoms with Crippen molar-refractivity contribution in [3.05, 3.63) is 33.6 Å². The molecule has 2 aromatic rings. The molecule has 1 fully saturated rings. The Bertz CT molecular complexity index is 899. The number of nitrogen functional groups attached to an aromatic ring is 1. The smallest absolute Gasteiger partial charge is 0.225 e. The van der Waals surface area contributed by atoms with Crippen LogP contribution in [0.1, 0.15) is 31.6 Å². The molecule has 0 bridgehead atoms. The topological polar surface area (TPSA) is 164 Å². The van der Waals surface area contributed by atoms with Crippen LogP contribution in [0.25, 0.3) is 0 Å². The van der Waals surface area contributed by atoms with Gasteiger partial charge in [0, 0.05) is 30.1 Å². The van der Waals surface area contributed by atoms with Crippen molar-refractivity contribution >= 4 is 46.0 Å². The summed E-state index contributed by atoms with van der Waals surface area (Å²) < 4.78 is 0. The number of nitrogens with zero attached hydrogens (tertiary/aromatic N) is 1. The molecule has 5 atom stereocenters. The van der Waals surface area contributed by atoms with Gasteiger partial charge in [0.05, 0.1) is 34.5 Å². The number of pyridine rings is 1. The Balaban J connectivity index is 0.00000363. The zero-order valence-electron chi connectivity index (χ0n) is 18.1. The van der Waals surface area contributed by atoms with E-state index in [1.807, 2.05) is 18.4 Å². The van der Waals surface area contributed by atoms with Crippen LogP contribution in [-0.2, 0) is 11.2 Å². The number of halogens is 1. The fourth-order valence-corrected chi connectivity index (χ4v) is 5.04. The Morgan fingerprint density at radius 3 is 2.72 bits per heavy atom. The van der Waals surface area contributed by atoms with Crippen molar-refractivity contribution in [1.29, 1.82) is 0 Å². The Hall–Kier alpha value is -2.11. The zero-order valence-corrected chi connectivity index (χ0v) is 19.7. The van der Waals surface area contributed by atoms with E-state index in [9.17, 15) is 15.0 Å². The van der Waals surface area contributed by atoms with Gasteiger partial charge in [-0.1, -0.05) is 18.5 Å². The highest BCUT2D eigenvalue weighted by Gasteiger charge is 2.45. The van der Waals surface area contributed by atoms with E-state index in [-0.39, 0.29) is 23.8 Å². The van der Waals surface area contributed by atoms with Gasteiger partial charge in [0.15, 0.2) is 5.82 Å². The van der Waals surface area contributed by atoms with E-state index in [4.69, 9.17) is 17.3 Å². The fraction of sp³-hybridized carbons (Fsp3) is 0.524. The van der Waals surface area contributed by atoms with Crippen molar-refractivity contribution in [2.75, 3.05) is 22.9 Å². The number of thiophene rings is 1. The van der Waals surface area contributed by atoms with Crippen LogP contribution in [0, 0.1) is 5.92 Å². The highest BCUT2D eigenvalue weighted by Crippen LogP contribution is 2.33. The van der Waals surface area contributed by atoms with Crippen LogP contribution in [-0.4, -0.2) is 57.4 Å². The van der Waals surface area contributed by atoms with Crippen LogP contribution in [0.2, 0.25) is 5.02 Å². The second-order valence-electron chi connectivity index (χ2n) is 7.73. The number of carbonyl (C=O) groups is 1. The predicted octanol–water partition coefficient (Wildman–Crippen LogP) is 1.65. The number of hydrogen-bond donors (Lipinski definition) is 6. The van der Waals surface area contributed by atoms with Gasteiger partial charge in [-0.3, -0.25) is 4.79 Å². The summed E-state index contributed by atoms with van der Waals surface area (Å²) in [5.74, 6) is -0.551. The Labute approximate surface area is 196 Å². The molecule has 1 aliphatic carbocycles. The van der Waals surface area contributed by atoms with Crippen LogP contribution in [0.3, 0.4) is 0 Å². The standard InChI is InChI=1S/C21H30ClN5O3S.H2O/c1-3-11(9-16-13(22)6-8-31-16)26-14-5-7-25-20(17(14)23)27-15-10-12(18(28)19(15)29)21(30)24-4-2;/h5-8,11-12,15,18-19,28-29H,3-4,9-10,23H2,1-2H3,(H,24,30)(H2,25,26,27);1H2. The quantitative estimate of drug-likeness (QED) is 0.314. The monoisotopic (exact) mass is 485 g/mol. The van der Waals surface area contributed by atoms with Gasteiger partial charge in [-0.2, -0.15) is 0 Å². The van der Waals surface area contributed by atoms with Crippen LogP contribution in [0.15, 0.2) is 23.7 Å². The van der Waals surface area contributed by atoms with Crippen molar-refractivity contribution in [3.63, 3.8) is 0 Å². The van der Waals surface area contributed by atoms with E-state index in [1.165, 1.54) is 0 Å². The van der Waals surface area contributed by atoms with Crippen LogP contribution in [0.5, 0.6) is 0 Å². The molecule has 2 heterocycles. The molecule has 1 amide bonds. The van der Waals surface area contributed by atoms with Crippen molar-refractivity contribution in [3.8, 4) is 0 Å². The van der Waals surface area contributed by atoms with Gasteiger partial charge in [-0.05, 0) is 37.3 Å². The van der Waals surface area contributed by atoms with Crippen molar-refractivity contribution in [1.82, 2.24) is 10.3 Å². The first-order valence-corrected chi connectivity index (χ1v) is 11.7. The summed E-state index contributed by atoms with van der Waals surface area (Å²) in [6.45, 7) is 4.37. The molecule has 9 nitrogen and oxygen atoms in total. The normalized spacial score (nSPS) is 23.3. The number of aliphatic hydroxyl groups is 2. The van der Waals surface area contributed by atoms with Gasteiger partial charge in [0.25, 0.3) is 0 Å². The third-order valence-corrected chi connectivity index (χ3v) is 7.07. The number of hydrogen-bond acceptors (Lipinski definition) is 8. The number of nitrogens with two attached hydrogens (primary N) is 1. The van der Waals surface area contributed by atoms with Gasteiger partial charge >= 0.3 is 0 Å². The number of anilines is 3. The second kappa shape index (κ2) is 11.7. The summed E-state index contributed by atoms with van der Waals surface area (Å²) in [5.41, 5.74) is 7.50. The summed E-state index contributed by atoms with van der Waals surface area (Å²) in [7, 11) is 0. The number of rotatable bonds is 9. The van der Waals surface area contributed by atoms with Crippen LogP contribution < -0.4 is 21.7 Å². The molecule has 178 valence electrons. The van der Waals surface area contributed by atoms with Gasteiger partial charge in [0.1, 0.15) is 6.10 Å². The third kappa shape index (κ3) is 5.81. The molecule has 1 saturated carbocycles. The molecule has 0 spiro atoms. The molecule has 1 aliphatic rings. The molecular weight excluding hydrogens is 454 g/mol. The summed E-state index contributed by atoms with van der Waals surface area (Å²) >= 11 is 7.87. The molecule has 0 aromatic carbocycles. The first-order chi connectivity index (χ1) is 14.8. The lowest BCUT2D eigenvalue weighted by atomic mass is 10.0. The SMILES string of the molecule is CCNC(=O)C1CC(Nc2nccc(NC(CC)Cc3sccc3Cl)c2N)C(O)C1O.O. The van der Waals surface area contributed by atoms with Gasteiger partial charge in [-0.15, -0.1) is 11.3 Å². The number of aliphatic hydroxyl groups excluding tert-OH is 2. The summed E-state index contributed by atoms with van der Waals surface area (Å²) in [5, 5.41) is 32.7. The minimum absolute atomic E-state index is 0. The number of amides is 1. The number of aromatic nitrogens is 1. The summed E-state index contributed by atoms with van der Waals surface area (Å²) in [6, 6.07) is 3.29. The maximum absolute atomic E-state index is 12.2. The summed E-state index contributed by atoms with van der Waals surface area (Å²) in [4.78, 5) is 17.6. The zero-order chi connectivity index (χ0) is 22.5. The van der Waals surface area contributed by atoms with Gasteiger partial charge in [0.2, 0.25) is 5.91 Å². The largest absolute Gasteiger partial charge is 0.412 e. The molecule has 2 aromatic heterocycles. The molecule has 5 unspecified atom stereocenters. The molecule has 11 heteroatoms. The predicted molar refractivity (Wildman–Crippen MR) is 129 cm³/mol. The van der Waals surface area contributed by atoms with Crippen molar-refractivity contribution < 1.29 is 20.5 Å². The molecule has 0 aliphatic heterocycles. The lowest BCUT2D eigenvalue weighted by Gasteiger charge is -2.23. The first kappa shape index (κ1) is 26.1. The molecule has 0 radical (unpaired) electrons. The van der Waals surface area contributed by atoms with E-state index < -0.39 is 24.2 Å². The molecule has 9 N–H and O–H groups in total. The minimum Gasteiger partial charge on any atom is -0.412 e. The lowest BCUT2D eigenvalue weighted by Crippen LogP contribution is -2.39. The van der Waals surface area contributed by atoms with E-state index in [2.05, 4.69) is 27.9 Å².